The van der Waals surface area contributed by atoms with Gasteiger partial charge in [-0.05, 0) is 48.9 Å². The van der Waals surface area contributed by atoms with E-state index in [4.69, 9.17) is 4.74 Å². The Kier molecular flexibility index (Phi) is 9.98. The maximum atomic E-state index is 5.11. The molecule has 1 aromatic carbocycles. The van der Waals surface area contributed by atoms with Gasteiger partial charge in [0, 0.05) is 18.1 Å². The lowest BCUT2D eigenvalue weighted by atomic mass is 9.88. The van der Waals surface area contributed by atoms with Crippen LogP contribution in [0.4, 0.5) is 0 Å². The van der Waals surface area contributed by atoms with Crippen LogP contribution in [0.15, 0.2) is 28.7 Å². The Labute approximate surface area is 138 Å². The van der Waals surface area contributed by atoms with E-state index >= 15 is 0 Å². The van der Waals surface area contributed by atoms with Gasteiger partial charge in [0.15, 0.2) is 0 Å². The third-order valence-electron chi connectivity index (χ3n) is 3.85. The highest BCUT2D eigenvalue weighted by atomic mass is 79.9. The minimum absolute atomic E-state index is 0.692. The Morgan fingerprint density at radius 3 is 2.81 bits per heavy atom. The lowest BCUT2D eigenvalue weighted by molar-refractivity contribution is 0.196. The molecule has 0 saturated carbocycles. The van der Waals surface area contributed by atoms with Crippen molar-refractivity contribution >= 4 is 15.9 Å². The van der Waals surface area contributed by atoms with E-state index in [0.29, 0.717) is 5.92 Å². The maximum absolute atomic E-state index is 5.11. The second kappa shape index (κ2) is 11.2. The Bertz CT molecular complexity index is 383. The summed E-state index contributed by atoms with van der Waals surface area (Å²) in [4.78, 5) is 0. The van der Waals surface area contributed by atoms with Gasteiger partial charge in [0.25, 0.3) is 0 Å². The average molecular weight is 356 g/mol. The first-order valence-corrected chi connectivity index (χ1v) is 8.89. The van der Waals surface area contributed by atoms with E-state index in [2.05, 4.69) is 59.4 Å². The fourth-order valence-electron chi connectivity index (χ4n) is 2.90. The Balaban J connectivity index is 2.53. The number of methoxy groups -OCH3 is 1. The number of hydrogen-bond acceptors (Lipinski definition) is 2. The van der Waals surface area contributed by atoms with Crippen molar-refractivity contribution in [1.29, 1.82) is 0 Å². The smallest absolute Gasteiger partial charge is 0.0587 e. The fourth-order valence-corrected chi connectivity index (χ4v) is 3.34. The minimum Gasteiger partial charge on any atom is -0.383 e. The van der Waals surface area contributed by atoms with Crippen LogP contribution < -0.4 is 5.32 Å². The predicted octanol–water partition coefficient (Wildman–Crippen LogP) is 4.67. The molecule has 120 valence electrons. The predicted molar refractivity (Wildman–Crippen MR) is 94.8 cm³/mol. The summed E-state index contributed by atoms with van der Waals surface area (Å²) in [5.41, 5.74) is 1.42. The molecule has 0 spiro atoms. The van der Waals surface area contributed by atoms with E-state index < -0.39 is 0 Å². The molecule has 0 bridgehead atoms. The van der Waals surface area contributed by atoms with Crippen LogP contribution in [0.25, 0.3) is 0 Å². The number of nitrogens with one attached hydrogen (secondary N) is 1. The zero-order valence-corrected chi connectivity index (χ0v) is 15.3. The lowest BCUT2D eigenvalue weighted by Gasteiger charge is -2.21. The van der Waals surface area contributed by atoms with E-state index in [1.807, 2.05) is 0 Å². The zero-order chi connectivity index (χ0) is 15.5. The summed E-state index contributed by atoms with van der Waals surface area (Å²) in [6.45, 7) is 7.45. The summed E-state index contributed by atoms with van der Waals surface area (Å²) >= 11 is 3.57. The van der Waals surface area contributed by atoms with Crippen LogP contribution >= 0.6 is 15.9 Å². The van der Waals surface area contributed by atoms with Crippen molar-refractivity contribution in [2.45, 2.75) is 39.5 Å². The molecule has 3 heteroatoms. The molecule has 2 atom stereocenters. The molecule has 0 aliphatic carbocycles. The normalized spacial score (nSPS) is 14.1. The molecule has 1 N–H and O–H groups in total. The van der Waals surface area contributed by atoms with Crippen molar-refractivity contribution in [3.63, 3.8) is 0 Å². The number of hydrogen-bond donors (Lipinski definition) is 1. The summed E-state index contributed by atoms with van der Waals surface area (Å²) < 4.78 is 6.28. The Hall–Kier alpha value is -0.380. The van der Waals surface area contributed by atoms with E-state index in [-0.39, 0.29) is 0 Å². The second-order valence-electron chi connectivity index (χ2n) is 6.03. The summed E-state index contributed by atoms with van der Waals surface area (Å²) in [7, 11) is 1.75. The van der Waals surface area contributed by atoms with Gasteiger partial charge < -0.3 is 10.1 Å². The van der Waals surface area contributed by atoms with Crippen molar-refractivity contribution in [1.82, 2.24) is 5.32 Å². The van der Waals surface area contributed by atoms with Crippen LogP contribution in [-0.4, -0.2) is 26.8 Å². The molecule has 0 saturated heterocycles. The van der Waals surface area contributed by atoms with Crippen LogP contribution in [0.1, 0.15) is 38.7 Å². The number of benzene rings is 1. The van der Waals surface area contributed by atoms with Crippen LogP contribution in [-0.2, 0) is 11.2 Å². The molecule has 0 fully saturated rings. The van der Waals surface area contributed by atoms with Crippen molar-refractivity contribution in [3.05, 3.63) is 34.3 Å². The monoisotopic (exact) mass is 355 g/mol. The van der Waals surface area contributed by atoms with E-state index in [1.54, 1.807) is 7.11 Å². The van der Waals surface area contributed by atoms with Crippen molar-refractivity contribution < 1.29 is 4.74 Å². The first-order chi connectivity index (χ1) is 10.2. The summed E-state index contributed by atoms with van der Waals surface area (Å²) in [6, 6.07) is 8.70. The molecular formula is C18H30BrNO. The molecule has 1 aromatic rings. The van der Waals surface area contributed by atoms with Gasteiger partial charge in [0.05, 0.1) is 6.61 Å². The quantitative estimate of drug-likeness (QED) is 0.582. The molecule has 21 heavy (non-hydrogen) atoms. The van der Waals surface area contributed by atoms with Gasteiger partial charge in [0.2, 0.25) is 0 Å². The molecule has 0 amide bonds. The number of ether oxygens (including phenoxy) is 1. The Morgan fingerprint density at radius 2 is 2.14 bits per heavy atom. The highest BCUT2D eigenvalue weighted by molar-refractivity contribution is 9.10. The van der Waals surface area contributed by atoms with Crippen molar-refractivity contribution in [2.75, 3.05) is 26.8 Å². The average Bonchev–Trinajstić information content (AvgIpc) is 2.43. The van der Waals surface area contributed by atoms with Crippen LogP contribution in [0.2, 0.25) is 0 Å². The van der Waals surface area contributed by atoms with E-state index in [9.17, 15) is 0 Å². The summed E-state index contributed by atoms with van der Waals surface area (Å²) in [6.07, 6.45) is 5.04. The topological polar surface area (TPSA) is 21.3 Å². The SMILES string of the molecule is CCCC(C)CC(CNCCOC)Cc1cccc(Br)c1. The first-order valence-electron chi connectivity index (χ1n) is 8.09. The van der Waals surface area contributed by atoms with Crippen molar-refractivity contribution in [3.8, 4) is 0 Å². The van der Waals surface area contributed by atoms with Crippen LogP contribution in [0.3, 0.4) is 0 Å². The van der Waals surface area contributed by atoms with Gasteiger partial charge in [-0.3, -0.25) is 0 Å². The van der Waals surface area contributed by atoms with Gasteiger partial charge in [-0.15, -0.1) is 0 Å². The molecule has 2 nitrogen and oxygen atoms in total. The zero-order valence-electron chi connectivity index (χ0n) is 13.7. The van der Waals surface area contributed by atoms with E-state index in [1.165, 1.54) is 29.3 Å². The first kappa shape index (κ1) is 18.7. The third kappa shape index (κ3) is 8.60. The summed E-state index contributed by atoms with van der Waals surface area (Å²) in [5, 5.41) is 3.53. The molecule has 0 radical (unpaired) electrons. The molecule has 0 aromatic heterocycles. The van der Waals surface area contributed by atoms with Gasteiger partial charge in [-0.2, -0.15) is 0 Å². The largest absolute Gasteiger partial charge is 0.383 e. The lowest BCUT2D eigenvalue weighted by Crippen LogP contribution is -2.28. The number of halogens is 1. The maximum Gasteiger partial charge on any atom is 0.0587 e. The molecule has 0 aliphatic heterocycles. The van der Waals surface area contributed by atoms with Gasteiger partial charge >= 0.3 is 0 Å². The highest BCUT2D eigenvalue weighted by Crippen LogP contribution is 2.22. The highest BCUT2D eigenvalue weighted by Gasteiger charge is 2.14. The van der Waals surface area contributed by atoms with Gasteiger partial charge in [-0.1, -0.05) is 54.8 Å². The van der Waals surface area contributed by atoms with Crippen LogP contribution in [0.5, 0.6) is 0 Å². The molecular weight excluding hydrogens is 326 g/mol. The van der Waals surface area contributed by atoms with Gasteiger partial charge in [0.1, 0.15) is 0 Å². The molecule has 0 aliphatic rings. The third-order valence-corrected chi connectivity index (χ3v) is 4.34. The molecule has 1 rings (SSSR count). The molecule has 2 unspecified atom stereocenters. The fraction of sp³-hybridized carbons (Fsp3) is 0.667. The minimum atomic E-state index is 0.692. The van der Waals surface area contributed by atoms with E-state index in [0.717, 1.165) is 32.0 Å². The molecule has 0 heterocycles. The number of rotatable bonds is 11. The second-order valence-corrected chi connectivity index (χ2v) is 6.94. The Morgan fingerprint density at radius 1 is 1.33 bits per heavy atom. The summed E-state index contributed by atoms with van der Waals surface area (Å²) in [5.74, 6) is 1.49. The van der Waals surface area contributed by atoms with Crippen LogP contribution in [0, 0.1) is 11.8 Å². The standard InChI is InChI=1S/C18H30BrNO/c1-4-6-15(2)11-17(14-20-9-10-21-3)12-16-7-5-8-18(19)13-16/h5,7-8,13,15,17,20H,4,6,9-12,14H2,1-3H3. The van der Waals surface area contributed by atoms with Crippen molar-refractivity contribution in [2.24, 2.45) is 11.8 Å². The van der Waals surface area contributed by atoms with Gasteiger partial charge in [-0.25, -0.2) is 0 Å².